The molecule has 136 valence electrons. The molecule has 2 heterocycles. The van der Waals surface area contributed by atoms with Gasteiger partial charge in [-0.1, -0.05) is 24.3 Å². The van der Waals surface area contributed by atoms with Crippen LogP contribution in [-0.2, 0) is 17.8 Å². The van der Waals surface area contributed by atoms with Gasteiger partial charge in [-0.25, -0.2) is 0 Å². The number of carbonyl (C=O) groups excluding carboxylic acids is 1. The maximum absolute atomic E-state index is 13.1. The van der Waals surface area contributed by atoms with Crippen LogP contribution in [0.5, 0.6) is 11.5 Å². The second-order valence-corrected chi connectivity index (χ2v) is 6.95. The molecule has 0 aliphatic carbocycles. The van der Waals surface area contributed by atoms with Gasteiger partial charge in [-0.2, -0.15) is 0 Å². The van der Waals surface area contributed by atoms with E-state index in [1.807, 2.05) is 48.2 Å². The third kappa shape index (κ3) is 3.03. The minimum atomic E-state index is 0.0315. The minimum Gasteiger partial charge on any atom is -0.496 e. The van der Waals surface area contributed by atoms with Crippen molar-refractivity contribution in [1.29, 1.82) is 0 Å². The van der Waals surface area contributed by atoms with E-state index >= 15 is 0 Å². The number of fused-ring (bicyclic) bond motifs is 2. The lowest BCUT2D eigenvalue weighted by Gasteiger charge is -2.37. The van der Waals surface area contributed by atoms with Crippen molar-refractivity contribution < 1.29 is 14.3 Å². The molecular formula is C21H24N2O3. The fourth-order valence-electron chi connectivity index (χ4n) is 3.88. The average molecular weight is 352 g/mol. The maximum Gasteiger partial charge on any atom is 0.241 e. The largest absolute Gasteiger partial charge is 0.496 e. The van der Waals surface area contributed by atoms with Gasteiger partial charge >= 0.3 is 0 Å². The van der Waals surface area contributed by atoms with Crippen LogP contribution < -0.4 is 14.4 Å². The van der Waals surface area contributed by atoms with E-state index in [0.29, 0.717) is 13.2 Å². The predicted octanol–water partition coefficient (Wildman–Crippen LogP) is 2.87. The fourth-order valence-corrected chi connectivity index (χ4v) is 3.88. The van der Waals surface area contributed by atoms with Crippen LogP contribution in [0.15, 0.2) is 42.5 Å². The van der Waals surface area contributed by atoms with Crippen molar-refractivity contribution in [3.63, 3.8) is 0 Å². The number of nitrogens with zero attached hydrogens (tertiary/aromatic N) is 2. The highest BCUT2D eigenvalue weighted by Crippen LogP contribution is 2.34. The van der Waals surface area contributed by atoms with Crippen LogP contribution in [0.3, 0.4) is 0 Å². The SMILES string of the molecule is COc1cccc2c1CN(CC(=O)N1c3ccccc3OCC1C)CC2. The summed E-state index contributed by atoms with van der Waals surface area (Å²) in [6.07, 6.45) is 0.940. The van der Waals surface area contributed by atoms with E-state index in [4.69, 9.17) is 9.47 Å². The molecule has 5 heteroatoms. The quantitative estimate of drug-likeness (QED) is 0.852. The third-order valence-corrected chi connectivity index (χ3v) is 5.20. The van der Waals surface area contributed by atoms with Crippen LogP contribution >= 0.6 is 0 Å². The van der Waals surface area contributed by atoms with Crippen LogP contribution in [0.4, 0.5) is 5.69 Å². The second-order valence-electron chi connectivity index (χ2n) is 6.95. The molecule has 0 spiro atoms. The van der Waals surface area contributed by atoms with Gasteiger partial charge in [-0.15, -0.1) is 0 Å². The van der Waals surface area contributed by atoms with Crippen molar-refractivity contribution in [2.45, 2.75) is 25.9 Å². The van der Waals surface area contributed by atoms with E-state index in [1.54, 1.807) is 7.11 Å². The fraction of sp³-hybridized carbons (Fsp3) is 0.381. The Balaban J connectivity index is 1.52. The Morgan fingerprint density at radius 3 is 2.92 bits per heavy atom. The van der Waals surface area contributed by atoms with Gasteiger partial charge < -0.3 is 14.4 Å². The van der Waals surface area contributed by atoms with E-state index in [-0.39, 0.29) is 11.9 Å². The van der Waals surface area contributed by atoms with Crippen LogP contribution in [0.25, 0.3) is 0 Å². The molecule has 26 heavy (non-hydrogen) atoms. The van der Waals surface area contributed by atoms with Gasteiger partial charge in [-0.05, 0) is 37.1 Å². The summed E-state index contributed by atoms with van der Waals surface area (Å²) in [6.45, 7) is 4.58. The highest BCUT2D eigenvalue weighted by atomic mass is 16.5. The van der Waals surface area contributed by atoms with Gasteiger partial charge in [0.2, 0.25) is 5.91 Å². The molecule has 0 fully saturated rings. The van der Waals surface area contributed by atoms with Crippen LogP contribution in [0.1, 0.15) is 18.1 Å². The number of hydrogen-bond acceptors (Lipinski definition) is 4. The Morgan fingerprint density at radius 2 is 2.08 bits per heavy atom. The van der Waals surface area contributed by atoms with Crippen LogP contribution in [0.2, 0.25) is 0 Å². The van der Waals surface area contributed by atoms with Crippen LogP contribution in [-0.4, -0.2) is 43.7 Å². The first-order valence-electron chi connectivity index (χ1n) is 9.08. The zero-order chi connectivity index (χ0) is 18.1. The molecule has 1 unspecified atom stereocenters. The van der Waals surface area contributed by atoms with Crippen molar-refractivity contribution in [2.24, 2.45) is 0 Å². The van der Waals surface area contributed by atoms with E-state index in [0.717, 1.165) is 36.7 Å². The monoisotopic (exact) mass is 352 g/mol. The molecule has 0 N–H and O–H groups in total. The number of carbonyl (C=O) groups is 1. The Hall–Kier alpha value is -2.53. The summed E-state index contributed by atoms with van der Waals surface area (Å²) >= 11 is 0. The summed E-state index contributed by atoms with van der Waals surface area (Å²) in [6, 6.07) is 14.0. The first-order valence-corrected chi connectivity index (χ1v) is 9.08. The molecule has 2 aromatic carbocycles. The van der Waals surface area contributed by atoms with Gasteiger partial charge in [0.1, 0.15) is 18.1 Å². The molecule has 1 amide bonds. The summed E-state index contributed by atoms with van der Waals surface area (Å²) < 4.78 is 11.3. The number of anilines is 1. The molecule has 1 atom stereocenters. The molecule has 0 saturated carbocycles. The van der Waals surface area contributed by atoms with Gasteiger partial charge in [0.15, 0.2) is 0 Å². The highest BCUT2D eigenvalue weighted by Gasteiger charge is 2.31. The molecule has 4 rings (SSSR count). The first-order chi connectivity index (χ1) is 12.7. The molecule has 2 aromatic rings. The Morgan fingerprint density at radius 1 is 1.23 bits per heavy atom. The number of rotatable bonds is 3. The van der Waals surface area contributed by atoms with Crippen molar-refractivity contribution in [2.75, 3.05) is 31.7 Å². The normalized spacial score (nSPS) is 19.3. The zero-order valence-corrected chi connectivity index (χ0v) is 15.3. The lowest BCUT2D eigenvalue weighted by molar-refractivity contribution is -0.120. The molecule has 0 aromatic heterocycles. The van der Waals surface area contributed by atoms with Crippen LogP contribution in [0, 0.1) is 0 Å². The van der Waals surface area contributed by atoms with Gasteiger partial charge in [0, 0.05) is 18.7 Å². The van der Waals surface area contributed by atoms with Gasteiger partial charge in [0.05, 0.1) is 25.4 Å². The number of hydrogen-bond donors (Lipinski definition) is 0. The van der Waals surface area contributed by atoms with Crippen molar-refractivity contribution in [3.05, 3.63) is 53.6 Å². The number of methoxy groups -OCH3 is 1. The molecule has 2 aliphatic rings. The highest BCUT2D eigenvalue weighted by molar-refractivity contribution is 5.97. The zero-order valence-electron chi connectivity index (χ0n) is 15.3. The smallest absolute Gasteiger partial charge is 0.241 e. The van der Waals surface area contributed by atoms with Crippen molar-refractivity contribution in [3.8, 4) is 11.5 Å². The summed E-state index contributed by atoms with van der Waals surface area (Å²) in [5, 5.41) is 0. The molecule has 2 aliphatic heterocycles. The Labute approximate surface area is 154 Å². The van der Waals surface area contributed by atoms with E-state index in [9.17, 15) is 4.79 Å². The standard InChI is InChI=1S/C21H24N2O3/c1-15-14-26-20-8-4-3-7-18(20)23(15)21(24)13-22-11-10-16-6-5-9-19(25-2)17(16)12-22/h3-9,15H,10-14H2,1-2H3. The average Bonchev–Trinajstić information content (AvgIpc) is 2.67. The summed E-state index contributed by atoms with van der Waals surface area (Å²) in [5.41, 5.74) is 3.38. The Bertz CT molecular complexity index is 806. The lowest BCUT2D eigenvalue weighted by Crippen LogP contribution is -2.49. The summed E-state index contributed by atoms with van der Waals surface area (Å²) in [4.78, 5) is 17.2. The lowest BCUT2D eigenvalue weighted by atomic mass is 9.98. The number of benzene rings is 2. The summed E-state index contributed by atoms with van der Waals surface area (Å²) in [7, 11) is 1.70. The van der Waals surface area contributed by atoms with Gasteiger partial charge in [0.25, 0.3) is 0 Å². The number of para-hydroxylation sites is 2. The molecule has 0 radical (unpaired) electrons. The van der Waals surface area contributed by atoms with E-state index in [1.165, 1.54) is 11.1 Å². The van der Waals surface area contributed by atoms with E-state index < -0.39 is 0 Å². The number of amides is 1. The molecule has 0 saturated heterocycles. The Kier molecular flexibility index (Phi) is 4.55. The van der Waals surface area contributed by atoms with E-state index in [2.05, 4.69) is 11.0 Å². The van der Waals surface area contributed by atoms with Crippen molar-refractivity contribution >= 4 is 11.6 Å². The maximum atomic E-state index is 13.1. The second kappa shape index (κ2) is 7.00. The van der Waals surface area contributed by atoms with Gasteiger partial charge in [-0.3, -0.25) is 9.69 Å². The molecule has 5 nitrogen and oxygen atoms in total. The minimum absolute atomic E-state index is 0.0315. The predicted molar refractivity (Wildman–Crippen MR) is 101 cm³/mol. The summed E-state index contributed by atoms with van der Waals surface area (Å²) in [5.74, 6) is 1.81. The topological polar surface area (TPSA) is 42.0 Å². The first kappa shape index (κ1) is 16.9. The third-order valence-electron chi connectivity index (χ3n) is 5.20. The molecule has 0 bridgehead atoms. The van der Waals surface area contributed by atoms with Crippen molar-refractivity contribution in [1.82, 2.24) is 4.90 Å². The number of ether oxygens (including phenoxy) is 2. The molecular weight excluding hydrogens is 328 g/mol.